The first-order valence-electron chi connectivity index (χ1n) is 3.89. The van der Waals surface area contributed by atoms with Crippen LogP contribution in [0.4, 0.5) is 0 Å². The van der Waals surface area contributed by atoms with Crippen LogP contribution in [0.1, 0.15) is 0 Å². The van der Waals surface area contributed by atoms with Crippen LogP contribution in [0.15, 0.2) is 38.7 Å². The molecule has 74 valence electrons. The zero-order chi connectivity index (χ0) is 10.4. The lowest BCUT2D eigenvalue weighted by Crippen LogP contribution is -2.00. The Bertz CT molecular complexity index is 373. The fourth-order valence-corrected chi connectivity index (χ4v) is 2.06. The van der Waals surface area contributed by atoms with Crippen molar-refractivity contribution in [1.82, 2.24) is 0 Å². The summed E-state index contributed by atoms with van der Waals surface area (Å²) >= 11 is 3.29. The van der Waals surface area contributed by atoms with Crippen molar-refractivity contribution in [2.24, 2.45) is 5.11 Å². The third-order valence-corrected chi connectivity index (χ3v) is 3.40. The van der Waals surface area contributed by atoms with Crippen LogP contribution in [0, 0.1) is 0 Å². The van der Waals surface area contributed by atoms with Gasteiger partial charge in [0.15, 0.2) is 0 Å². The predicted molar refractivity (Wildman–Crippen MR) is 59.4 cm³/mol. The fraction of sp³-hybridized carbons (Fsp3) is 0.250. The molecule has 0 aliphatic rings. The Kier molecular flexibility index (Phi) is 4.65. The van der Waals surface area contributed by atoms with E-state index in [0.717, 1.165) is 9.37 Å². The van der Waals surface area contributed by atoms with Crippen LogP contribution in [-0.4, -0.2) is 16.5 Å². The molecule has 4 nitrogen and oxygen atoms in total. The molecule has 1 aromatic rings. The summed E-state index contributed by atoms with van der Waals surface area (Å²) in [6.07, 6.45) is 0. The van der Waals surface area contributed by atoms with Gasteiger partial charge in [0, 0.05) is 26.6 Å². The van der Waals surface area contributed by atoms with E-state index < -0.39 is 10.8 Å². The van der Waals surface area contributed by atoms with Crippen molar-refractivity contribution in [2.75, 3.05) is 12.3 Å². The minimum Gasteiger partial charge on any atom is -0.254 e. The standard InChI is InChI=1S/C8H8BrN3OS/c9-7-1-3-8(4-2-7)14(13)6-5-11-12-10/h1-4H,5-6H2. The first-order chi connectivity index (χ1) is 6.74. The van der Waals surface area contributed by atoms with E-state index in [4.69, 9.17) is 5.53 Å². The summed E-state index contributed by atoms with van der Waals surface area (Å²) in [5.41, 5.74) is 8.04. The van der Waals surface area contributed by atoms with E-state index in [-0.39, 0.29) is 6.54 Å². The van der Waals surface area contributed by atoms with Crippen molar-refractivity contribution in [3.8, 4) is 0 Å². The molecule has 14 heavy (non-hydrogen) atoms. The minimum absolute atomic E-state index is 0.263. The highest BCUT2D eigenvalue weighted by atomic mass is 79.9. The van der Waals surface area contributed by atoms with Crippen LogP contribution < -0.4 is 0 Å². The van der Waals surface area contributed by atoms with Crippen molar-refractivity contribution < 1.29 is 4.21 Å². The predicted octanol–water partition coefficient (Wildman–Crippen LogP) is 2.87. The van der Waals surface area contributed by atoms with E-state index in [1.54, 1.807) is 12.1 Å². The molecular weight excluding hydrogens is 266 g/mol. The van der Waals surface area contributed by atoms with Gasteiger partial charge in [-0.3, -0.25) is 4.21 Å². The number of hydrogen-bond donors (Lipinski definition) is 0. The van der Waals surface area contributed by atoms with Gasteiger partial charge in [-0.25, -0.2) is 0 Å². The number of hydrogen-bond acceptors (Lipinski definition) is 2. The molecule has 0 bridgehead atoms. The lowest BCUT2D eigenvalue weighted by atomic mass is 10.4. The molecule has 0 amide bonds. The summed E-state index contributed by atoms with van der Waals surface area (Å²) in [5.74, 6) is 0.367. The summed E-state index contributed by atoms with van der Waals surface area (Å²) in [6.45, 7) is 0.263. The van der Waals surface area contributed by atoms with E-state index >= 15 is 0 Å². The first-order valence-corrected chi connectivity index (χ1v) is 6.00. The Morgan fingerprint density at radius 2 is 2.07 bits per heavy atom. The van der Waals surface area contributed by atoms with Gasteiger partial charge in [-0.1, -0.05) is 21.0 Å². The monoisotopic (exact) mass is 273 g/mol. The van der Waals surface area contributed by atoms with E-state index in [1.807, 2.05) is 12.1 Å². The van der Waals surface area contributed by atoms with Crippen LogP contribution >= 0.6 is 15.9 Å². The third-order valence-electron chi connectivity index (χ3n) is 1.52. The van der Waals surface area contributed by atoms with Gasteiger partial charge in [0.2, 0.25) is 0 Å². The maximum absolute atomic E-state index is 11.5. The molecule has 0 saturated carbocycles. The topological polar surface area (TPSA) is 65.8 Å². The van der Waals surface area contributed by atoms with E-state index in [2.05, 4.69) is 26.0 Å². The second-order valence-electron chi connectivity index (χ2n) is 2.46. The second kappa shape index (κ2) is 5.80. The highest BCUT2D eigenvalue weighted by Crippen LogP contribution is 2.13. The normalized spacial score (nSPS) is 11.8. The zero-order valence-electron chi connectivity index (χ0n) is 7.26. The molecule has 1 aromatic carbocycles. The molecule has 0 saturated heterocycles. The zero-order valence-corrected chi connectivity index (χ0v) is 9.66. The first kappa shape index (κ1) is 11.2. The summed E-state index contributed by atoms with van der Waals surface area (Å²) in [6, 6.07) is 7.24. The molecule has 0 radical (unpaired) electrons. The Hall–Kier alpha value is -0.840. The van der Waals surface area contributed by atoms with Crippen LogP contribution in [0.25, 0.3) is 10.4 Å². The van der Waals surface area contributed by atoms with Gasteiger partial charge >= 0.3 is 0 Å². The number of benzene rings is 1. The van der Waals surface area contributed by atoms with Gasteiger partial charge < -0.3 is 0 Å². The summed E-state index contributed by atoms with van der Waals surface area (Å²) in [7, 11) is -1.08. The summed E-state index contributed by atoms with van der Waals surface area (Å²) in [5, 5.41) is 3.33. The lowest BCUT2D eigenvalue weighted by molar-refractivity contribution is 0.682. The average Bonchev–Trinajstić information content (AvgIpc) is 2.19. The molecule has 0 N–H and O–H groups in total. The fourth-order valence-electron chi connectivity index (χ4n) is 0.873. The molecule has 0 aromatic heterocycles. The molecular formula is C8H8BrN3OS. The van der Waals surface area contributed by atoms with Crippen LogP contribution in [-0.2, 0) is 10.8 Å². The van der Waals surface area contributed by atoms with Crippen molar-refractivity contribution in [1.29, 1.82) is 0 Å². The van der Waals surface area contributed by atoms with Crippen LogP contribution in [0.2, 0.25) is 0 Å². The van der Waals surface area contributed by atoms with Crippen molar-refractivity contribution in [2.45, 2.75) is 4.90 Å². The van der Waals surface area contributed by atoms with E-state index in [9.17, 15) is 4.21 Å². The number of halogens is 1. The molecule has 0 aliphatic carbocycles. The van der Waals surface area contributed by atoms with Gasteiger partial charge in [0.1, 0.15) is 0 Å². The molecule has 1 unspecified atom stereocenters. The van der Waals surface area contributed by atoms with E-state index in [0.29, 0.717) is 5.75 Å². The van der Waals surface area contributed by atoms with Crippen molar-refractivity contribution in [3.05, 3.63) is 39.2 Å². The van der Waals surface area contributed by atoms with Crippen LogP contribution in [0.5, 0.6) is 0 Å². The molecule has 0 fully saturated rings. The number of azide groups is 1. The third kappa shape index (κ3) is 3.49. The summed E-state index contributed by atoms with van der Waals surface area (Å²) < 4.78 is 12.5. The molecule has 0 spiro atoms. The Labute approximate surface area is 92.5 Å². The largest absolute Gasteiger partial charge is 0.254 e. The number of rotatable bonds is 4. The Morgan fingerprint density at radius 1 is 1.43 bits per heavy atom. The maximum atomic E-state index is 11.5. The number of nitrogens with zero attached hydrogens (tertiary/aromatic N) is 3. The Morgan fingerprint density at radius 3 is 2.64 bits per heavy atom. The Balaban J connectivity index is 2.60. The highest BCUT2D eigenvalue weighted by Gasteiger charge is 2.01. The summed E-state index contributed by atoms with van der Waals surface area (Å²) in [4.78, 5) is 3.35. The van der Waals surface area contributed by atoms with Gasteiger partial charge in [0.25, 0.3) is 0 Å². The molecule has 6 heteroatoms. The van der Waals surface area contributed by atoms with Crippen LogP contribution in [0.3, 0.4) is 0 Å². The molecule has 0 aliphatic heterocycles. The highest BCUT2D eigenvalue weighted by molar-refractivity contribution is 9.10. The average molecular weight is 274 g/mol. The SMILES string of the molecule is [N-]=[N+]=NCCS(=O)c1ccc(Br)cc1. The van der Waals surface area contributed by atoms with Gasteiger partial charge in [-0.2, -0.15) is 0 Å². The van der Waals surface area contributed by atoms with Crippen molar-refractivity contribution in [3.63, 3.8) is 0 Å². The van der Waals surface area contributed by atoms with E-state index in [1.165, 1.54) is 0 Å². The van der Waals surface area contributed by atoms with Gasteiger partial charge in [-0.15, -0.1) is 0 Å². The lowest BCUT2D eigenvalue weighted by Gasteiger charge is -1.99. The second-order valence-corrected chi connectivity index (χ2v) is 4.94. The maximum Gasteiger partial charge on any atom is 0.0530 e. The van der Waals surface area contributed by atoms with Gasteiger partial charge in [-0.05, 0) is 29.8 Å². The smallest absolute Gasteiger partial charge is 0.0530 e. The minimum atomic E-state index is -1.08. The van der Waals surface area contributed by atoms with Gasteiger partial charge in [0.05, 0.1) is 10.8 Å². The molecule has 0 heterocycles. The quantitative estimate of drug-likeness (QED) is 0.473. The van der Waals surface area contributed by atoms with Crippen molar-refractivity contribution >= 4 is 26.7 Å². The molecule has 1 rings (SSSR count). The molecule has 1 atom stereocenters.